The van der Waals surface area contributed by atoms with Crippen LogP contribution < -0.4 is 10.6 Å². The SMILES string of the molecule is CCCCNC(=O)C(c1ccc(O)cc1)N(CC#N)C(=O)C(CO)NC(=O)OC(C)(C)C. The third-order valence-electron chi connectivity index (χ3n) is 4.29. The van der Waals surface area contributed by atoms with Gasteiger partial charge < -0.3 is 30.5 Å². The molecule has 0 heterocycles. The molecule has 176 valence electrons. The maximum atomic E-state index is 13.2. The Morgan fingerprint density at radius 3 is 2.34 bits per heavy atom. The fraction of sp³-hybridized carbons (Fsp3) is 0.545. The molecule has 10 nitrogen and oxygen atoms in total. The normalized spacial score (nSPS) is 12.8. The van der Waals surface area contributed by atoms with Gasteiger partial charge in [0.15, 0.2) is 0 Å². The number of hydrogen-bond donors (Lipinski definition) is 4. The zero-order chi connectivity index (χ0) is 24.3. The average molecular weight is 449 g/mol. The molecule has 4 N–H and O–H groups in total. The Balaban J connectivity index is 3.25. The smallest absolute Gasteiger partial charge is 0.408 e. The molecule has 0 radical (unpaired) electrons. The second kappa shape index (κ2) is 12.5. The lowest BCUT2D eigenvalue weighted by Gasteiger charge is -2.32. The lowest BCUT2D eigenvalue weighted by atomic mass is 10.0. The second-order valence-corrected chi connectivity index (χ2v) is 8.14. The Kier molecular flexibility index (Phi) is 10.4. The number of phenolic OH excluding ortho intramolecular Hbond substituents is 1. The van der Waals surface area contributed by atoms with Gasteiger partial charge in [0.2, 0.25) is 11.8 Å². The zero-order valence-corrected chi connectivity index (χ0v) is 18.9. The van der Waals surface area contributed by atoms with E-state index in [2.05, 4.69) is 10.6 Å². The molecule has 3 amide bonds. The van der Waals surface area contributed by atoms with Crippen molar-refractivity contribution in [2.45, 2.75) is 58.2 Å². The van der Waals surface area contributed by atoms with Crippen molar-refractivity contribution in [2.75, 3.05) is 19.7 Å². The molecule has 0 saturated heterocycles. The Hall–Kier alpha value is -3.32. The van der Waals surface area contributed by atoms with Gasteiger partial charge in [-0.05, 0) is 44.9 Å². The molecule has 0 aliphatic rings. The van der Waals surface area contributed by atoms with Gasteiger partial charge in [-0.2, -0.15) is 5.26 Å². The van der Waals surface area contributed by atoms with E-state index in [-0.39, 0.29) is 5.75 Å². The number of aliphatic hydroxyl groups is 1. The molecule has 0 spiro atoms. The molecular weight excluding hydrogens is 416 g/mol. The quantitative estimate of drug-likeness (QED) is 0.313. The van der Waals surface area contributed by atoms with E-state index in [1.54, 1.807) is 20.8 Å². The van der Waals surface area contributed by atoms with E-state index in [1.807, 2.05) is 13.0 Å². The predicted octanol–water partition coefficient (Wildman–Crippen LogP) is 1.59. The summed E-state index contributed by atoms with van der Waals surface area (Å²) in [6.45, 7) is 6.03. The van der Waals surface area contributed by atoms with Gasteiger partial charge >= 0.3 is 6.09 Å². The van der Waals surface area contributed by atoms with Crippen molar-refractivity contribution in [3.8, 4) is 11.8 Å². The number of nitriles is 1. The lowest BCUT2D eigenvalue weighted by Crippen LogP contribution is -2.54. The van der Waals surface area contributed by atoms with E-state index in [4.69, 9.17) is 4.74 Å². The summed E-state index contributed by atoms with van der Waals surface area (Å²) in [4.78, 5) is 39.3. The molecular formula is C22H32N4O6. The minimum atomic E-state index is -1.43. The van der Waals surface area contributed by atoms with Crippen LogP contribution >= 0.6 is 0 Å². The van der Waals surface area contributed by atoms with Crippen molar-refractivity contribution in [1.29, 1.82) is 5.26 Å². The van der Waals surface area contributed by atoms with Gasteiger partial charge in [0.1, 0.15) is 30.0 Å². The number of ether oxygens (including phenoxy) is 1. The number of amides is 3. The Morgan fingerprint density at radius 1 is 1.22 bits per heavy atom. The molecule has 32 heavy (non-hydrogen) atoms. The fourth-order valence-corrected chi connectivity index (χ4v) is 2.82. The zero-order valence-electron chi connectivity index (χ0n) is 18.9. The number of phenols is 1. The van der Waals surface area contributed by atoms with E-state index in [0.29, 0.717) is 12.1 Å². The number of benzene rings is 1. The van der Waals surface area contributed by atoms with E-state index < -0.39 is 48.7 Å². The molecule has 0 aromatic heterocycles. The maximum Gasteiger partial charge on any atom is 0.408 e. The molecule has 0 bridgehead atoms. The van der Waals surface area contributed by atoms with E-state index >= 15 is 0 Å². The molecule has 0 saturated carbocycles. The van der Waals surface area contributed by atoms with E-state index in [1.165, 1.54) is 24.3 Å². The van der Waals surface area contributed by atoms with Crippen molar-refractivity contribution in [1.82, 2.24) is 15.5 Å². The molecule has 1 rings (SSSR count). The minimum Gasteiger partial charge on any atom is -0.508 e. The first-order chi connectivity index (χ1) is 15.0. The average Bonchev–Trinajstić information content (AvgIpc) is 2.71. The minimum absolute atomic E-state index is 0.0307. The summed E-state index contributed by atoms with van der Waals surface area (Å²) in [5, 5.41) is 33.7. The van der Waals surface area contributed by atoms with Crippen LogP contribution in [0, 0.1) is 11.3 Å². The summed E-state index contributed by atoms with van der Waals surface area (Å²) in [5.74, 6) is -1.39. The fourth-order valence-electron chi connectivity index (χ4n) is 2.82. The van der Waals surface area contributed by atoms with Gasteiger partial charge in [0.05, 0.1) is 12.7 Å². The van der Waals surface area contributed by atoms with E-state index in [9.17, 15) is 29.9 Å². The molecule has 2 atom stereocenters. The highest BCUT2D eigenvalue weighted by atomic mass is 16.6. The van der Waals surface area contributed by atoms with Crippen molar-refractivity contribution in [2.24, 2.45) is 0 Å². The number of alkyl carbamates (subject to hydrolysis) is 1. The monoisotopic (exact) mass is 448 g/mol. The van der Waals surface area contributed by atoms with Crippen molar-refractivity contribution in [3.05, 3.63) is 29.8 Å². The van der Waals surface area contributed by atoms with Crippen molar-refractivity contribution < 1.29 is 29.3 Å². The highest BCUT2D eigenvalue weighted by Gasteiger charge is 2.36. The van der Waals surface area contributed by atoms with Gasteiger partial charge in [-0.3, -0.25) is 9.59 Å². The van der Waals surface area contributed by atoms with Gasteiger partial charge in [0, 0.05) is 6.54 Å². The maximum absolute atomic E-state index is 13.2. The van der Waals surface area contributed by atoms with Crippen LogP contribution in [0.3, 0.4) is 0 Å². The highest BCUT2D eigenvalue weighted by Crippen LogP contribution is 2.24. The van der Waals surface area contributed by atoms with Crippen molar-refractivity contribution >= 4 is 17.9 Å². The van der Waals surface area contributed by atoms with Crippen LogP contribution in [0.5, 0.6) is 5.75 Å². The van der Waals surface area contributed by atoms with Crippen LogP contribution in [0.4, 0.5) is 4.79 Å². The van der Waals surface area contributed by atoms with Gasteiger partial charge in [-0.15, -0.1) is 0 Å². The number of nitrogens with one attached hydrogen (secondary N) is 2. The lowest BCUT2D eigenvalue weighted by molar-refractivity contribution is -0.142. The molecule has 2 unspecified atom stereocenters. The molecule has 1 aromatic carbocycles. The van der Waals surface area contributed by atoms with Crippen LogP contribution in [-0.4, -0.2) is 64.4 Å². The summed E-state index contributed by atoms with van der Waals surface area (Å²) in [6.07, 6.45) is 0.646. The van der Waals surface area contributed by atoms with Gasteiger partial charge in [0.25, 0.3) is 0 Å². The van der Waals surface area contributed by atoms with Crippen LogP contribution in [0.25, 0.3) is 0 Å². The number of carbonyl (C=O) groups excluding carboxylic acids is 3. The number of hydrogen-bond acceptors (Lipinski definition) is 7. The van der Waals surface area contributed by atoms with Crippen LogP contribution in [0.1, 0.15) is 52.1 Å². The van der Waals surface area contributed by atoms with Crippen LogP contribution in [0.15, 0.2) is 24.3 Å². The Morgan fingerprint density at radius 2 is 1.84 bits per heavy atom. The first-order valence-electron chi connectivity index (χ1n) is 10.4. The number of aliphatic hydroxyl groups excluding tert-OH is 1. The number of nitrogens with zero attached hydrogens (tertiary/aromatic N) is 2. The summed E-state index contributed by atoms with van der Waals surface area (Å²) < 4.78 is 5.13. The molecule has 1 aromatic rings. The Bertz CT molecular complexity index is 813. The molecule has 0 aliphatic heterocycles. The topological polar surface area (TPSA) is 152 Å². The summed E-state index contributed by atoms with van der Waals surface area (Å²) in [5.41, 5.74) is -0.470. The highest BCUT2D eigenvalue weighted by molar-refractivity contribution is 5.92. The number of aromatic hydroxyl groups is 1. The van der Waals surface area contributed by atoms with E-state index in [0.717, 1.165) is 17.7 Å². The molecule has 0 aliphatic carbocycles. The third-order valence-corrected chi connectivity index (χ3v) is 4.29. The first kappa shape index (κ1) is 26.7. The number of rotatable bonds is 10. The van der Waals surface area contributed by atoms with Gasteiger partial charge in [-0.1, -0.05) is 25.5 Å². The van der Waals surface area contributed by atoms with Crippen LogP contribution in [-0.2, 0) is 14.3 Å². The summed E-state index contributed by atoms with van der Waals surface area (Å²) >= 11 is 0. The third kappa shape index (κ3) is 8.43. The summed E-state index contributed by atoms with van der Waals surface area (Å²) in [7, 11) is 0. The standard InChI is InChI=1S/C22H32N4O6/c1-5-6-12-24-19(29)18(15-7-9-16(28)10-8-15)26(13-11-23)20(30)17(14-27)25-21(31)32-22(2,3)4/h7-10,17-18,27-28H,5-6,12-14H2,1-4H3,(H,24,29)(H,25,31). The Labute approximate surface area is 188 Å². The van der Waals surface area contributed by atoms with Crippen LogP contribution in [0.2, 0.25) is 0 Å². The summed E-state index contributed by atoms with van der Waals surface area (Å²) in [6, 6.07) is 4.86. The molecule has 10 heteroatoms. The van der Waals surface area contributed by atoms with Crippen molar-refractivity contribution in [3.63, 3.8) is 0 Å². The predicted molar refractivity (Wildman–Crippen MR) is 116 cm³/mol. The number of unbranched alkanes of at least 4 members (excludes halogenated alkanes) is 1. The molecule has 0 fully saturated rings. The van der Waals surface area contributed by atoms with Gasteiger partial charge in [-0.25, -0.2) is 4.79 Å². The number of carbonyl (C=O) groups is 3. The largest absolute Gasteiger partial charge is 0.508 e. The first-order valence-corrected chi connectivity index (χ1v) is 10.4. The second-order valence-electron chi connectivity index (χ2n) is 8.14.